The molecule has 118 valence electrons. The van der Waals surface area contributed by atoms with Gasteiger partial charge in [-0.15, -0.1) is 0 Å². The fraction of sp³-hybridized carbons (Fsp3) is 0. The number of nitrogens with two attached hydrogens (primary N) is 2. The number of halogens is 1. The van der Waals surface area contributed by atoms with E-state index in [0.717, 1.165) is 15.4 Å². The number of nitriles is 1. The molecule has 0 atom stereocenters. The first-order valence-electron chi connectivity index (χ1n) is 6.95. The molecule has 0 saturated heterocycles. The third-order valence-electron chi connectivity index (χ3n) is 3.26. The molecule has 4 N–H and O–H groups in total. The Morgan fingerprint density at radius 1 is 0.958 bits per heavy atom. The molecule has 0 radical (unpaired) electrons. The minimum absolute atomic E-state index is 0.0269. The van der Waals surface area contributed by atoms with E-state index in [9.17, 15) is 5.26 Å². The van der Waals surface area contributed by atoms with Crippen molar-refractivity contribution in [1.29, 1.82) is 5.26 Å². The molecule has 1 aromatic heterocycles. The molecule has 0 amide bonds. The predicted molar refractivity (Wildman–Crippen MR) is 96.6 cm³/mol. The van der Waals surface area contributed by atoms with E-state index in [0.29, 0.717) is 10.7 Å². The zero-order valence-corrected chi connectivity index (χ0v) is 14.0. The van der Waals surface area contributed by atoms with E-state index in [4.69, 9.17) is 23.1 Å². The minimum atomic E-state index is 0.0269. The molecule has 0 aliphatic heterocycles. The monoisotopic (exact) mass is 353 g/mol. The van der Waals surface area contributed by atoms with E-state index < -0.39 is 0 Å². The summed E-state index contributed by atoms with van der Waals surface area (Å²) in [6.07, 6.45) is 0. The van der Waals surface area contributed by atoms with Gasteiger partial charge in [0, 0.05) is 15.4 Å². The molecule has 24 heavy (non-hydrogen) atoms. The lowest BCUT2D eigenvalue weighted by Gasteiger charge is -2.12. The summed E-state index contributed by atoms with van der Waals surface area (Å²) in [4.78, 5) is 9.86. The van der Waals surface area contributed by atoms with E-state index in [1.165, 1.54) is 11.8 Å². The zero-order chi connectivity index (χ0) is 17.1. The summed E-state index contributed by atoms with van der Waals surface area (Å²) in [5, 5.41) is 10.0. The maximum Gasteiger partial charge on any atom is 0.222 e. The molecule has 0 saturated carbocycles. The highest BCUT2D eigenvalue weighted by molar-refractivity contribution is 7.99. The SMILES string of the molecule is N#Cc1c(N)nc(N)nc1-c1ccccc1Sc1ccccc1Cl. The highest BCUT2D eigenvalue weighted by atomic mass is 35.5. The summed E-state index contributed by atoms with van der Waals surface area (Å²) in [6.45, 7) is 0. The van der Waals surface area contributed by atoms with Crippen LogP contribution in [0.1, 0.15) is 5.56 Å². The molecule has 0 fully saturated rings. The standard InChI is InChI=1S/C17H12ClN5S/c18-12-6-2-4-8-14(12)24-13-7-3-1-5-10(13)15-11(9-19)16(20)23-17(21)22-15/h1-8H,(H4,20,21,22,23). The second-order valence-electron chi connectivity index (χ2n) is 4.83. The highest BCUT2D eigenvalue weighted by Gasteiger charge is 2.17. The molecule has 0 unspecified atom stereocenters. The van der Waals surface area contributed by atoms with Gasteiger partial charge in [0.05, 0.1) is 10.7 Å². The van der Waals surface area contributed by atoms with Crippen LogP contribution in [0.4, 0.5) is 11.8 Å². The Labute approximate surface area is 148 Å². The molecule has 3 aromatic rings. The van der Waals surface area contributed by atoms with Crippen LogP contribution in [0, 0.1) is 11.3 Å². The quantitative estimate of drug-likeness (QED) is 0.738. The predicted octanol–water partition coefficient (Wildman–Crippen LogP) is 3.98. The molecule has 0 spiro atoms. The molecule has 7 heteroatoms. The van der Waals surface area contributed by atoms with Crippen LogP contribution in [0.5, 0.6) is 0 Å². The van der Waals surface area contributed by atoms with Crippen LogP contribution in [-0.4, -0.2) is 9.97 Å². The fourth-order valence-electron chi connectivity index (χ4n) is 2.20. The van der Waals surface area contributed by atoms with E-state index in [-0.39, 0.29) is 17.3 Å². The van der Waals surface area contributed by atoms with Gasteiger partial charge >= 0.3 is 0 Å². The summed E-state index contributed by atoms with van der Waals surface area (Å²) < 4.78 is 0. The summed E-state index contributed by atoms with van der Waals surface area (Å²) in [5.41, 5.74) is 12.9. The fourth-order valence-corrected chi connectivity index (χ4v) is 3.42. The molecule has 0 aliphatic carbocycles. The lowest BCUT2D eigenvalue weighted by atomic mass is 10.1. The number of hydrogen-bond donors (Lipinski definition) is 2. The van der Waals surface area contributed by atoms with Gasteiger partial charge in [0.1, 0.15) is 17.5 Å². The van der Waals surface area contributed by atoms with E-state index in [2.05, 4.69) is 16.0 Å². The number of nitrogen functional groups attached to an aromatic ring is 2. The molecular weight excluding hydrogens is 342 g/mol. The van der Waals surface area contributed by atoms with Crippen LogP contribution in [0.3, 0.4) is 0 Å². The number of nitrogens with zero attached hydrogens (tertiary/aromatic N) is 3. The summed E-state index contributed by atoms with van der Waals surface area (Å²) in [6, 6.07) is 17.2. The highest BCUT2D eigenvalue weighted by Crippen LogP contribution is 2.39. The molecule has 3 rings (SSSR count). The first-order valence-corrected chi connectivity index (χ1v) is 8.14. The average molecular weight is 354 g/mol. The van der Waals surface area contributed by atoms with Gasteiger partial charge in [-0.25, -0.2) is 4.98 Å². The third kappa shape index (κ3) is 3.13. The molecule has 5 nitrogen and oxygen atoms in total. The van der Waals surface area contributed by atoms with Crippen LogP contribution < -0.4 is 11.5 Å². The maximum atomic E-state index is 9.40. The third-order valence-corrected chi connectivity index (χ3v) is 4.86. The molecular formula is C17H12ClN5S. The number of benzene rings is 2. The van der Waals surface area contributed by atoms with Crippen LogP contribution in [0.25, 0.3) is 11.3 Å². The lowest BCUT2D eigenvalue weighted by Crippen LogP contribution is -2.05. The Balaban J connectivity index is 2.15. The molecule has 1 heterocycles. The summed E-state index contributed by atoms with van der Waals surface area (Å²) in [7, 11) is 0. The molecule has 0 bridgehead atoms. The number of anilines is 2. The Bertz CT molecular complexity index is 952. The van der Waals surface area contributed by atoms with Crippen molar-refractivity contribution in [2.24, 2.45) is 0 Å². The van der Waals surface area contributed by atoms with Gasteiger partial charge in [-0.1, -0.05) is 53.7 Å². The second-order valence-corrected chi connectivity index (χ2v) is 6.32. The van der Waals surface area contributed by atoms with Crippen molar-refractivity contribution in [3.05, 3.63) is 59.1 Å². The van der Waals surface area contributed by atoms with Crippen LogP contribution in [-0.2, 0) is 0 Å². The molecule has 2 aromatic carbocycles. The Kier molecular flexibility index (Phi) is 4.56. The van der Waals surface area contributed by atoms with Gasteiger partial charge in [-0.05, 0) is 18.2 Å². The second kappa shape index (κ2) is 6.79. The Morgan fingerprint density at radius 2 is 1.62 bits per heavy atom. The van der Waals surface area contributed by atoms with E-state index in [1.807, 2.05) is 48.5 Å². The molecule has 0 aliphatic rings. The van der Waals surface area contributed by atoms with Gasteiger partial charge in [-0.3, -0.25) is 0 Å². The summed E-state index contributed by atoms with van der Waals surface area (Å²) in [5.74, 6) is 0.0941. The smallest absolute Gasteiger partial charge is 0.222 e. The number of rotatable bonds is 3. The Morgan fingerprint density at radius 3 is 2.33 bits per heavy atom. The Hall–Kier alpha value is -2.75. The lowest BCUT2D eigenvalue weighted by molar-refractivity contribution is 1.17. The maximum absolute atomic E-state index is 9.40. The topological polar surface area (TPSA) is 102 Å². The zero-order valence-electron chi connectivity index (χ0n) is 12.4. The van der Waals surface area contributed by atoms with Crippen LogP contribution >= 0.6 is 23.4 Å². The van der Waals surface area contributed by atoms with Crippen LogP contribution in [0.2, 0.25) is 5.02 Å². The van der Waals surface area contributed by atoms with E-state index >= 15 is 0 Å². The summed E-state index contributed by atoms with van der Waals surface area (Å²) >= 11 is 7.73. The van der Waals surface area contributed by atoms with E-state index in [1.54, 1.807) is 0 Å². The first-order chi connectivity index (χ1) is 11.6. The normalized spacial score (nSPS) is 10.3. The number of aromatic nitrogens is 2. The van der Waals surface area contributed by atoms with Crippen molar-refractivity contribution in [2.75, 3.05) is 11.5 Å². The van der Waals surface area contributed by atoms with Gasteiger partial charge in [0.15, 0.2) is 0 Å². The van der Waals surface area contributed by atoms with Gasteiger partial charge < -0.3 is 11.5 Å². The minimum Gasteiger partial charge on any atom is -0.382 e. The van der Waals surface area contributed by atoms with Gasteiger partial charge in [0.2, 0.25) is 5.95 Å². The van der Waals surface area contributed by atoms with Crippen molar-refractivity contribution in [3.63, 3.8) is 0 Å². The largest absolute Gasteiger partial charge is 0.382 e. The average Bonchev–Trinajstić information content (AvgIpc) is 2.57. The van der Waals surface area contributed by atoms with Crippen molar-refractivity contribution in [1.82, 2.24) is 9.97 Å². The van der Waals surface area contributed by atoms with Crippen molar-refractivity contribution >= 4 is 35.1 Å². The first kappa shape index (κ1) is 16.1. The van der Waals surface area contributed by atoms with Crippen molar-refractivity contribution in [2.45, 2.75) is 9.79 Å². The van der Waals surface area contributed by atoms with Gasteiger partial charge in [0.25, 0.3) is 0 Å². The number of hydrogen-bond acceptors (Lipinski definition) is 6. The van der Waals surface area contributed by atoms with Crippen molar-refractivity contribution in [3.8, 4) is 17.3 Å². The van der Waals surface area contributed by atoms with Crippen LogP contribution in [0.15, 0.2) is 58.3 Å². The van der Waals surface area contributed by atoms with Crippen molar-refractivity contribution < 1.29 is 0 Å². The van der Waals surface area contributed by atoms with Gasteiger partial charge in [-0.2, -0.15) is 10.2 Å².